The van der Waals surface area contributed by atoms with Gasteiger partial charge in [-0.15, -0.1) is 0 Å². The third-order valence-electron chi connectivity index (χ3n) is 8.98. The van der Waals surface area contributed by atoms with Crippen molar-refractivity contribution in [1.82, 2.24) is 0 Å². The minimum Gasteiger partial charge on any atom is -0.311 e. The number of hydrogen-bond acceptors (Lipinski definition) is 1. The smallest absolute Gasteiger partial charge is 0.0461 e. The number of nitrogens with zero attached hydrogens (tertiary/aromatic N) is 1. The fourth-order valence-electron chi connectivity index (χ4n) is 6.70. The van der Waals surface area contributed by atoms with Crippen LogP contribution < -0.4 is 4.90 Å². The predicted octanol–water partition coefficient (Wildman–Crippen LogP) is 12.1. The zero-order chi connectivity index (χ0) is 30.0. The van der Waals surface area contributed by atoms with Crippen molar-refractivity contribution in [1.29, 1.82) is 0 Å². The van der Waals surface area contributed by atoms with Crippen molar-refractivity contribution in [3.8, 4) is 22.3 Å². The maximum absolute atomic E-state index is 2.39. The summed E-state index contributed by atoms with van der Waals surface area (Å²) in [6.45, 7) is 0. The van der Waals surface area contributed by atoms with Crippen LogP contribution in [0.1, 0.15) is 17.9 Å². The first kappa shape index (κ1) is 26.9. The van der Waals surface area contributed by atoms with Crippen LogP contribution in [-0.4, -0.2) is 0 Å². The number of rotatable bonds is 6. The Bertz CT molecular complexity index is 2100. The number of allylic oxidation sites excluding steroid dienone is 3. The molecule has 1 nitrogen and oxygen atoms in total. The maximum atomic E-state index is 2.39. The van der Waals surface area contributed by atoms with Crippen molar-refractivity contribution in [3.05, 3.63) is 193 Å². The Labute approximate surface area is 265 Å². The molecular weight excluding hydrogens is 542 g/mol. The molecule has 1 aliphatic carbocycles. The summed E-state index contributed by atoms with van der Waals surface area (Å²) in [6, 6.07) is 59.2. The van der Waals surface area contributed by atoms with Gasteiger partial charge in [-0.05, 0) is 92.2 Å². The van der Waals surface area contributed by atoms with E-state index in [1.165, 1.54) is 55.1 Å². The fourth-order valence-corrected chi connectivity index (χ4v) is 6.70. The van der Waals surface area contributed by atoms with E-state index in [9.17, 15) is 0 Å². The minimum absolute atomic E-state index is 0.388. The van der Waals surface area contributed by atoms with E-state index in [1.807, 2.05) is 0 Å². The van der Waals surface area contributed by atoms with Crippen LogP contribution in [0, 0.1) is 0 Å². The summed E-state index contributed by atoms with van der Waals surface area (Å²) in [5, 5.41) is 5.09. The normalized spacial score (nSPS) is 14.4. The molecule has 0 saturated carbocycles. The Morgan fingerprint density at radius 2 is 0.978 bits per heavy atom. The van der Waals surface area contributed by atoms with E-state index >= 15 is 0 Å². The first-order valence-electron chi connectivity index (χ1n) is 15.7. The molecule has 0 spiro atoms. The van der Waals surface area contributed by atoms with Gasteiger partial charge in [0, 0.05) is 23.0 Å². The Balaban J connectivity index is 1.20. The number of benzene rings is 7. The summed E-state index contributed by atoms with van der Waals surface area (Å²) in [5.41, 5.74) is 9.80. The Morgan fingerprint density at radius 1 is 0.467 bits per heavy atom. The highest BCUT2D eigenvalue weighted by molar-refractivity contribution is 6.12. The second kappa shape index (κ2) is 11.8. The average molecular weight is 576 g/mol. The van der Waals surface area contributed by atoms with Gasteiger partial charge in [0.1, 0.15) is 0 Å². The van der Waals surface area contributed by atoms with E-state index in [4.69, 9.17) is 0 Å². The molecule has 0 heterocycles. The van der Waals surface area contributed by atoms with Crippen LogP contribution in [0.15, 0.2) is 188 Å². The van der Waals surface area contributed by atoms with E-state index < -0.39 is 0 Å². The molecule has 1 aliphatic rings. The van der Waals surface area contributed by atoms with Crippen molar-refractivity contribution in [2.24, 2.45) is 0 Å². The number of anilines is 2. The molecule has 1 unspecified atom stereocenters. The molecule has 1 atom stereocenters. The van der Waals surface area contributed by atoms with Crippen LogP contribution in [0.5, 0.6) is 0 Å². The lowest BCUT2D eigenvalue weighted by molar-refractivity contribution is 0.840. The van der Waals surface area contributed by atoms with Gasteiger partial charge in [-0.25, -0.2) is 0 Å². The standard InChI is InChI=1S/C44H33N/c1-3-11-32(12-4-1)34-19-25-39(26-20-34)45(40-27-21-35(22-28-40)33-13-5-2-6-14-33)41-29-23-36(24-30-41)44-42-17-9-7-15-37(42)31-38-16-8-10-18-43(38)44/h1-21,23-31,35H,22H2. The van der Waals surface area contributed by atoms with Crippen molar-refractivity contribution in [2.75, 3.05) is 4.90 Å². The molecule has 7 aromatic rings. The molecule has 7 aromatic carbocycles. The summed E-state index contributed by atoms with van der Waals surface area (Å²) in [5.74, 6) is 0.388. The summed E-state index contributed by atoms with van der Waals surface area (Å²) in [4.78, 5) is 2.39. The lowest BCUT2D eigenvalue weighted by Crippen LogP contribution is -2.17. The second-order valence-electron chi connectivity index (χ2n) is 11.7. The monoisotopic (exact) mass is 575 g/mol. The predicted molar refractivity (Wildman–Crippen MR) is 192 cm³/mol. The molecule has 0 radical (unpaired) electrons. The minimum atomic E-state index is 0.388. The lowest BCUT2D eigenvalue weighted by atomic mass is 9.91. The topological polar surface area (TPSA) is 3.24 Å². The van der Waals surface area contributed by atoms with Crippen molar-refractivity contribution >= 4 is 32.9 Å². The van der Waals surface area contributed by atoms with Crippen LogP contribution >= 0.6 is 0 Å². The molecule has 1 heteroatoms. The van der Waals surface area contributed by atoms with Gasteiger partial charge < -0.3 is 4.90 Å². The molecule has 0 fully saturated rings. The molecule has 0 amide bonds. The van der Waals surface area contributed by atoms with Gasteiger partial charge in [-0.3, -0.25) is 0 Å². The molecule has 8 rings (SSSR count). The van der Waals surface area contributed by atoms with Crippen LogP contribution in [0.25, 0.3) is 43.8 Å². The van der Waals surface area contributed by atoms with Gasteiger partial charge >= 0.3 is 0 Å². The molecule has 0 aromatic heterocycles. The molecular formula is C44H33N. The van der Waals surface area contributed by atoms with Crippen LogP contribution in [0.3, 0.4) is 0 Å². The van der Waals surface area contributed by atoms with Gasteiger partial charge in [0.15, 0.2) is 0 Å². The van der Waals surface area contributed by atoms with Crippen molar-refractivity contribution in [3.63, 3.8) is 0 Å². The molecule has 214 valence electrons. The summed E-state index contributed by atoms with van der Waals surface area (Å²) in [6.07, 6.45) is 7.99. The maximum Gasteiger partial charge on any atom is 0.0461 e. The first-order valence-corrected chi connectivity index (χ1v) is 15.7. The molecule has 0 bridgehead atoms. The highest BCUT2D eigenvalue weighted by Crippen LogP contribution is 2.40. The van der Waals surface area contributed by atoms with E-state index in [-0.39, 0.29) is 0 Å². The summed E-state index contributed by atoms with van der Waals surface area (Å²) >= 11 is 0. The number of fused-ring (bicyclic) bond motifs is 2. The Hall–Kier alpha value is -5.66. The van der Waals surface area contributed by atoms with E-state index in [2.05, 4.69) is 187 Å². The molecule has 0 saturated heterocycles. The summed E-state index contributed by atoms with van der Waals surface area (Å²) in [7, 11) is 0. The van der Waals surface area contributed by atoms with E-state index in [0.29, 0.717) is 5.92 Å². The van der Waals surface area contributed by atoms with Crippen molar-refractivity contribution < 1.29 is 0 Å². The summed E-state index contributed by atoms with van der Waals surface area (Å²) < 4.78 is 0. The lowest BCUT2D eigenvalue weighted by Gasteiger charge is -2.29. The van der Waals surface area contributed by atoms with Gasteiger partial charge in [-0.1, -0.05) is 146 Å². The highest BCUT2D eigenvalue weighted by Gasteiger charge is 2.19. The average Bonchev–Trinajstić information content (AvgIpc) is 3.12. The Kier molecular flexibility index (Phi) is 7.05. The number of hydrogen-bond donors (Lipinski definition) is 0. The van der Waals surface area contributed by atoms with Crippen LogP contribution in [0.2, 0.25) is 0 Å². The fraction of sp³-hybridized carbons (Fsp3) is 0.0455. The van der Waals surface area contributed by atoms with Crippen LogP contribution in [-0.2, 0) is 0 Å². The molecule has 45 heavy (non-hydrogen) atoms. The van der Waals surface area contributed by atoms with Gasteiger partial charge in [0.05, 0.1) is 0 Å². The highest BCUT2D eigenvalue weighted by atomic mass is 15.1. The van der Waals surface area contributed by atoms with Crippen LogP contribution in [0.4, 0.5) is 11.4 Å². The van der Waals surface area contributed by atoms with Gasteiger partial charge in [0.2, 0.25) is 0 Å². The third kappa shape index (κ3) is 5.24. The quantitative estimate of drug-likeness (QED) is 0.178. The van der Waals surface area contributed by atoms with Crippen molar-refractivity contribution in [2.45, 2.75) is 12.3 Å². The van der Waals surface area contributed by atoms with E-state index in [0.717, 1.165) is 17.8 Å². The second-order valence-corrected chi connectivity index (χ2v) is 11.7. The zero-order valence-electron chi connectivity index (χ0n) is 25.1. The molecule has 0 N–H and O–H groups in total. The third-order valence-corrected chi connectivity index (χ3v) is 8.98. The zero-order valence-corrected chi connectivity index (χ0v) is 25.1. The van der Waals surface area contributed by atoms with E-state index in [1.54, 1.807) is 0 Å². The van der Waals surface area contributed by atoms with Gasteiger partial charge in [0.25, 0.3) is 0 Å². The Morgan fingerprint density at radius 3 is 1.56 bits per heavy atom. The van der Waals surface area contributed by atoms with Gasteiger partial charge in [-0.2, -0.15) is 0 Å². The SMILES string of the molecule is C1=CC(c2ccccc2)CC=C1N(c1ccc(-c2ccccc2)cc1)c1ccc(-c2c3ccccc3cc3ccccc23)cc1. The largest absolute Gasteiger partial charge is 0.311 e. The molecule has 0 aliphatic heterocycles. The first-order chi connectivity index (χ1) is 22.3.